The Morgan fingerprint density at radius 2 is 1.47 bits per heavy atom. The molecule has 0 saturated carbocycles. The maximum atomic E-state index is 13.2. The molecule has 0 unspecified atom stereocenters. The molecule has 3 heterocycles. The summed E-state index contributed by atoms with van der Waals surface area (Å²) in [5.74, 6) is -0.349. The number of ether oxygens (including phenoxy) is 1. The Morgan fingerprint density at radius 1 is 0.824 bits per heavy atom. The summed E-state index contributed by atoms with van der Waals surface area (Å²) in [7, 11) is 0. The standard InChI is InChI=1S/C23H23FN6O4/c24-16-8-6-15(7-9-16)17-10-29(27-25-17)12-19-22(32)21(23(33)20(13-31)34-19)30-11-18(26-28-30)14-4-2-1-3-5-14/h1-11,19-23,31-33H,12-13H2/t19-,20+,21+,22-,23-/m0/s1. The van der Waals surface area contributed by atoms with Crippen LogP contribution in [-0.2, 0) is 11.3 Å². The van der Waals surface area contributed by atoms with E-state index in [9.17, 15) is 19.7 Å². The zero-order chi connectivity index (χ0) is 23.7. The van der Waals surface area contributed by atoms with E-state index in [0.29, 0.717) is 17.0 Å². The third-order valence-electron chi connectivity index (χ3n) is 5.92. The van der Waals surface area contributed by atoms with Crippen molar-refractivity contribution in [1.29, 1.82) is 0 Å². The summed E-state index contributed by atoms with van der Waals surface area (Å²) in [6, 6.07) is 14.4. The predicted octanol–water partition coefficient (Wildman–Crippen LogP) is 1.07. The fourth-order valence-electron chi connectivity index (χ4n) is 4.13. The second-order valence-electron chi connectivity index (χ2n) is 8.15. The second-order valence-corrected chi connectivity index (χ2v) is 8.15. The monoisotopic (exact) mass is 466 g/mol. The largest absolute Gasteiger partial charge is 0.394 e. The molecule has 0 spiro atoms. The maximum Gasteiger partial charge on any atom is 0.123 e. The van der Waals surface area contributed by atoms with Crippen molar-refractivity contribution in [2.24, 2.45) is 0 Å². The van der Waals surface area contributed by atoms with Gasteiger partial charge < -0.3 is 20.1 Å². The van der Waals surface area contributed by atoms with E-state index in [1.54, 1.807) is 24.5 Å². The Hall–Kier alpha value is -3.51. The molecule has 0 amide bonds. The number of aromatic nitrogens is 6. The molecule has 10 nitrogen and oxygen atoms in total. The van der Waals surface area contributed by atoms with Gasteiger partial charge in [-0.2, -0.15) is 0 Å². The van der Waals surface area contributed by atoms with E-state index in [2.05, 4.69) is 20.6 Å². The number of hydrogen-bond acceptors (Lipinski definition) is 8. The fraction of sp³-hybridized carbons (Fsp3) is 0.304. The smallest absolute Gasteiger partial charge is 0.123 e. The lowest BCUT2D eigenvalue weighted by Gasteiger charge is -2.42. The van der Waals surface area contributed by atoms with E-state index < -0.39 is 37.1 Å². The molecule has 1 aliphatic heterocycles. The molecule has 5 atom stereocenters. The van der Waals surface area contributed by atoms with Crippen LogP contribution in [0.1, 0.15) is 6.04 Å². The number of nitrogens with zero attached hydrogens (tertiary/aromatic N) is 6. The van der Waals surface area contributed by atoms with Gasteiger partial charge in [0, 0.05) is 11.1 Å². The van der Waals surface area contributed by atoms with E-state index in [-0.39, 0.29) is 12.4 Å². The molecule has 0 radical (unpaired) electrons. The van der Waals surface area contributed by atoms with Crippen LogP contribution < -0.4 is 0 Å². The minimum absolute atomic E-state index is 0.106. The van der Waals surface area contributed by atoms with Crippen molar-refractivity contribution >= 4 is 0 Å². The van der Waals surface area contributed by atoms with Gasteiger partial charge in [0.05, 0.1) is 25.5 Å². The lowest BCUT2D eigenvalue weighted by atomic mass is 9.92. The van der Waals surface area contributed by atoms with Crippen molar-refractivity contribution < 1.29 is 24.4 Å². The first-order valence-electron chi connectivity index (χ1n) is 10.8. The molecule has 3 N–H and O–H groups in total. The molecule has 1 saturated heterocycles. The Morgan fingerprint density at radius 3 is 2.21 bits per heavy atom. The summed E-state index contributed by atoms with van der Waals surface area (Å²) in [6.45, 7) is -0.339. The van der Waals surface area contributed by atoms with Gasteiger partial charge >= 0.3 is 0 Å². The van der Waals surface area contributed by atoms with Gasteiger partial charge in [-0.05, 0) is 24.3 Å². The number of halogens is 1. The third-order valence-corrected chi connectivity index (χ3v) is 5.92. The highest BCUT2D eigenvalue weighted by Gasteiger charge is 2.46. The highest BCUT2D eigenvalue weighted by atomic mass is 19.1. The van der Waals surface area contributed by atoms with Crippen LogP contribution in [0.4, 0.5) is 4.39 Å². The molecule has 2 aromatic carbocycles. The van der Waals surface area contributed by atoms with Crippen LogP contribution in [-0.4, -0.2) is 76.3 Å². The second kappa shape index (κ2) is 9.39. The van der Waals surface area contributed by atoms with Crippen LogP contribution >= 0.6 is 0 Å². The van der Waals surface area contributed by atoms with Gasteiger partial charge in [-0.15, -0.1) is 10.2 Å². The van der Waals surface area contributed by atoms with Gasteiger partial charge in [-0.3, -0.25) is 0 Å². The summed E-state index contributed by atoms with van der Waals surface area (Å²) >= 11 is 0. The SMILES string of the molecule is OC[C@H]1O[C@@H](Cn2cc(-c3ccc(F)cc3)nn2)[C@H](O)[C@@H](n2cc(-c3ccccc3)nn2)[C@H]1O. The lowest BCUT2D eigenvalue weighted by molar-refractivity contribution is -0.209. The molecule has 34 heavy (non-hydrogen) atoms. The highest BCUT2D eigenvalue weighted by Crippen LogP contribution is 2.31. The van der Waals surface area contributed by atoms with Crippen LogP contribution in [0, 0.1) is 5.82 Å². The molecule has 4 aromatic rings. The summed E-state index contributed by atoms with van der Waals surface area (Å²) in [5.41, 5.74) is 2.65. The van der Waals surface area contributed by atoms with Gasteiger partial charge in [-0.25, -0.2) is 13.8 Å². The Kier molecular flexibility index (Phi) is 6.16. The summed E-state index contributed by atoms with van der Waals surface area (Å²) < 4.78 is 21.9. The normalized spacial score (nSPS) is 24.9. The molecule has 1 fully saturated rings. The first kappa shape index (κ1) is 22.3. The Bertz CT molecular complexity index is 1230. The Balaban J connectivity index is 1.38. The van der Waals surface area contributed by atoms with Crippen molar-refractivity contribution in [2.75, 3.05) is 6.61 Å². The van der Waals surface area contributed by atoms with Crippen LogP contribution in [0.25, 0.3) is 22.5 Å². The molecule has 11 heteroatoms. The number of aliphatic hydroxyl groups is 3. The van der Waals surface area contributed by atoms with E-state index in [1.807, 2.05) is 30.3 Å². The average molecular weight is 466 g/mol. The van der Waals surface area contributed by atoms with Crippen molar-refractivity contribution in [2.45, 2.75) is 37.0 Å². The summed E-state index contributed by atoms with van der Waals surface area (Å²) in [6.07, 6.45) is -0.861. The molecular formula is C23H23FN6O4. The highest BCUT2D eigenvalue weighted by molar-refractivity contribution is 5.57. The molecule has 0 aliphatic carbocycles. The van der Waals surface area contributed by atoms with E-state index in [0.717, 1.165) is 5.56 Å². The first-order valence-corrected chi connectivity index (χ1v) is 10.8. The number of hydrogen-bond donors (Lipinski definition) is 3. The topological polar surface area (TPSA) is 131 Å². The average Bonchev–Trinajstić information content (AvgIpc) is 3.52. The molecule has 2 aromatic heterocycles. The molecule has 5 rings (SSSR count). The molecule has 0 bridgehead atoms. The van der Waals surface area contributed by atoms with E-state index >= 15 is 0 Å². The quantitative estimate of drug-likeness (QED) is 0.385. The summed E-state index contributed by atoms with van der Waals surface area (Å²) in [4.78, 5) is 0. The van der Waals surface area contributed by atoms with Gasteiger partial charge in [0.2, 0.25) is 0 Å². The predicted molar refractivity (Wildman–Crippen MR) is 118 cm³/mol. The van der Waals surface area contributed by atoms with E-state index in [1.165, 1.54) is 21.5 Å². The minimum atomic E-state index is -1.22. The van der Waals surface area contributed by atoms with E-state index in [4.69, 9.17) is 4.74 Å². The van der Waals surface area contributed by atoms with Gasteiger partial charge in [0.15, 0.2) is 0 Å². The van der Waals surface area contributed by atoms with Crippen molar-refractivity contribution in [3.8, 4) is 22.5 Å². The number of rotatable bonds is 6. The summed E-state index contributed by atoms with van der Waals surface area (Å²) in [5, 5.41) is 48.1. The maximum absolute atomic E-state index is 13.2. The molecular weight excluding hydrogens is 443 g/mol. The first-order chi connectivity index (χ1) is 16.5. The number of benzene rings is 2. The minimum Gasteiger partial charge on any atom is -0.394 e. The number of aliphatic hydroxyl groups excluding tert-OH is 3. The molecule has 176 valence electrons. The van der Waals surface area contributed by atoms with Gasteiger partial charge in [0.25, 0.3) is 0 Å². The lowest BCUT2D eigenvalue weighted by Crippen LogP contribution is -2.57. The zero-order valence-electron chi connectivity index (χ0n) is 18.0. The van der Waals surface area contributed by atoms with Gasteiger partial charge in [0.1, 0.15) is 47.7 Å². The van der Waals surface area contributed by atoms with Gasteiger partial charge in [-0.1, -0.05) is 40.8 Å². The Labute approximate surface area is 193 Å². The van der Waals surface area contributed by atoms with Crippen molar-refractivity contribution in [1.82, 2.24) is 30.0 Å². The van der Waals surface area contributed by atoms with Crippen molar-refractivity contribution in [3.05, 3.63) is 72.8 Å². The fourth-order valence-corrected chi connectivity index (χ4v) is 4.13. The van der Waals surface area contributed by atoms with Crippen LogP contribution in [0.15, 0.2) is 67.0 Å². The van der Waals surface area contributed by atoms with Crippen LogP contribution in [0.2, 0.25) is 0 Å². The molecule has 1 aliphatic rings. The zero-order valence-corrected chi connectivity index (χ0v) is 18.0. The third kappa shape index (κ3) is 4.33. The van der Waals surface area contributed by atoms with Crippen molar-refractivity contribution in [3.63, 3.8) is 0 Å². The van der Waals surface area contributed by atoms with Crippen LogP contribution in [0.3, 0.4) is 0 Å². The van der Waals surface area contributed by atoms with Crippen LogP contribution in [0.5, 0.6) is 0 Å².